The van der Waals surface area contributed by atoms with E-state index in [9.17, 15) is 0 Å². The molecule has 16 heavy (non-hydrogen) atoms. The van der Waals surface area contributed by atoms with Gasteiger partial charge in [-0.3, -0.25) is 0 Å². The number of nitrogens with one attached hydrogen (secondary N) is 1. The Balaban J connectivity index is 1.82. The van der Waals surface area contributed by atoms with Gasteiger partial charge in [0.1, 0.15) is 5.82 Å². The van der Waals surface area contributed by atoms with Crippen LogP contribution in [0.3, 0.4) is 0 Å². The molecule has 88 valence electrons. The standard InChI is InChI=1S/C13H21N3/c1-10-3-2-4-11(7-10)9-16-13-8-12(14)5-6-15-13/h5-6,8,10-11H,2-4,7,9H2,1H3,(H3,14,15,16). The third kappa shape index (κ3) is 3.12. The molecule has 1 aliphatic carbocycles. The van der Waals surface area contributed by atoms with Crippen molar-refractivity contribution in [3.63, 3.8) is 0 Å². The van der Waals surface area contributed by atoms with Gasteiger partial charge in [-0.05, 0) is 30.7 Å². The Morgan fingerprint density at radius 3 is 3.12 bits per heavy atom. The highest BCUT2D eigenvalue weighted by atomic mass is 15.0. The van der Waals surface area contributed by atoms with Crippen LogP contribution in [0.2, 0.25) is 0 Å². The van der Waals surface area contributed by atoms with Crippen molar-refractivity contribution in [2.45, 2.75) is 32.6 Å². The third-order valence-electron chi connectivity index (χ3n) is 3.40. The molecule has 1 fully saturated rings. The van der Waals surface area contributed by atoms with E-state index in [1.165, 1.54) is 25.7 Å². The number of hydrogen-bond donors (Lipinski definition) is 2. The molecule has 0 aliphatic heterocycles. The van der Waals surface area contributed by atoms with Crippen molar-refractivity contribution < 1.29 is 0 Å². The molecule has 1 saturated carbocycles. The summed E-state index contributed by atoms with van der Waals surface area (Å²) in [6, 6.07) is 3.71. The minimum absolute atomic E-state index is 0.773. The highest BCUT2D eigenvalue weighted by Gasteiger charge is 2.18. The van der Waals surface area contributed by atoms with Gasteiger partial charge in [0.2, 0.25) is 0 Å². The first kappa shape index (κ1) is 11.2. The lowest BCUT2D eigenvalue weighted by Gasteiger charge is -2.26. The van der Waals surface area contributed by atoms with Crippen LogP contribution in [0.4, 0.5) is 11.5 Å². The van der Waals surface area contributed by atoms with E-state index in [2.05, 4.69) is 17.2 Å². The quantitative estimate of drug-likeness (QED) is 0.821. The van der Waals surface area contributed by atoms with Gasteiger partial charge in [-0.2, -0.15) is 0 Å². The summed E-state index contributed by atoms with van der Waals surface area (Å²) in [4.78, 5) is 4.25. The Morgan fingerprint density at radius 2 is 2.38 bits per heavy atom. The number of aromatic nitrogens is 1. The maximum Gasteiger partial charge on any atom is 0.127 e. The van der Waals surface area contributed by atoms with Gasteiger partial charge in [-0.25, -0.2) is 4.98 Å². The largest absolute Gasteiger partial charge is 0.399 e. The summed E-state index contributed by atoms with van der Waals surface area (Å²) in [7, 11) is 0. The van der Waals surface area contributed by atoms with Gasteiger partial charge >= 0.3 is 0 Å². The van der Waals surface area contributed by atoms with E-state index < -0.39 is 0 Å². The van der Waals surface area contributed by atoms with Crippen molar-refractivity contribution in [1.82, 2.24) is 4.98 Å². The lowest BCUT2D eigenvalue weighted by atomic mass is 9.82. The summed E-state index contributed by atoms with van der Waals surface area (Å²) in [5.74, 6) is 2.58. The number of nitrogens with two attached hydrogens (primary N) is 1. The molecule has 2 rings (SSSR count). The van der Waals surface area contributed by atoms with Crippen molar-refractivity contribution in [3.05, 3.63) is 18.3 Å². The molecule has 3 nitrogen and oxygen atoms in total. The Labute approximate surface area is 97.5 Å². The average molecular weight is 219 g/mol. The first-order valence-electron chi connectivity index (χ1n) is 6.19. The fourth-order valence-electron chi connectivity index (χ4n) is 2.54. The lowest BCUT2D eigenvalue weighted by Crippen LogP contribution is -2.21. The number of hydrogen-bond acceptors (Lipinski definition) is 3. The van der Waals surface area contributed by atoms with Crippen LogP contribution in [0, 0.1) is 11.8 Å². The fourth-order valence-corrected chi connectivity index (χ4v) is 2.54. The zero-order valence-electron chi connectivity index (χ0n) is 9.95. The smallest absolute Gasteiger partial charge is 0.127 e. The zero-order valence-corrected chi connectivity index (χ0v) is 9.95. The van der Waals surface area contributed by atoms with Crippen molar-refractivity contribution in [2.75, 3.05) is 17.6 Å². The molecule has 1 aliphatic rings. The van der Waals surface area contributed by atoms with E-state index in [0.29, 0.717) is 0 Å². The van der Waals surface area contributed by atoms with Gasteiger partial charge in [0.15, 0.2) is 0 Å². The third-order valence-corrected chi connectivity index (χ3v) is 3.40. The van der Waals surface area contributed by atoms with Gasteiger partial charge in [-0.1, -0.05) is 19.8 Å². The predicted molar refractivity (Wildman–Crippen MR) is 68.3 cm³/mol. The summed E-state index contributed by atoms with van der Waals surface area (Å²) in [5, 5.41) is 3.38. The van der Waals surface area contributed by atoms with Crippen LogP contribution in [-0.4, -0.2) is 11.5 Å². The molecule has 3 N–H and O–H groups in total. The summed E-state index contributed by atoms with van der Waals surface area (Å²) < 4.78 is 0. The van der Waals surface area contributed by atoms with E-state index in [1.54, 1.807) is 6.20 Å². The second kappa shape index (κ2) is 5.19. The average Bonchev–Trinajstić information content (AvgIpc) is 2.27. The highest BCUT2D eigenvalue weighted by Crippen LogP contribution is 2.28. The molecule has 0 bridgehead atoms. The highest BCUT2D eigenvalue weighted by molar-refractivity contribution is 5.48. The minimum Gasteiger partial charge on any atom is -0.399 e. The SMILES string of the molecule is CC1CCCC(CNc2cc(N)ccn2)C1. The summed E-state index contributed by atoms with van der Waals surface area (Å²) in [6.45, 7) is 3.38. The second-order valence-electron chi connectivity index (χ2n) is 4.99. The topological polar surface area (TPSA) is 50.9 Å². The number of anilines is 2. The minimum atomic E-state index is 0.773. The van der Waals surface area contributed by atoms with E-state index >= 15 is 0 Å². The van der Waals surface area contributed by atoms with Crippen LogP contribution < -0.4 is 11.1 Å². The van der Waals surface area contributed by atoms with Gasteiger partial charge in [0, 0.05) is 24.5 Å². The van der Waals surface area contributed by atoms with Crippen LogP contribution in [0.15, 0.2) is 18.3 Å². The Hall–Kier alpha value is -1.25. The monoisotopic (exact) mass is 219 g/mol. The van der Waals surface area contributed by atoms with E-state index in [4.69, 9.17) is 5.73 Å². The maximum absolute atomic E-state index is 5.71. The molecule has 2 atom stereocenters. The molecular weight excluding hydrogens is 198 g/mol. The molecule has 0 aromatic carbocycles. The molecule has 1 aromatic rings. The van der Waals surface area contributed by atoms with Crippen molar-refractivity contribution in [1.29, 1.82) is 0 Å². The van der Waals surface area contributed by atoms with Crippen LogP contribution in [0.25, 0.3) is 0 Å². The van der Waals surface area contributed by atoms with Crippen molar-refractivity contribution in [3.8, 4) is 0 Å². The molecule has 0 saturated heterocycles. The predicted octanol–water partition coefficient (Wildman–Crippen LogP) is 2.90. The summed E-state index contributed by atoms with van der Waals surface area (Å²) >= 11 is 0. The summed E-state index contributed by atoms with van der Waals surface area (Å²) in [5.41, 5.74) is 6.48. The first-order chi connectivity index (χ1) is 7.74. The Kier molecular flexibility index (Phi) is 3.65. The molecule has 2 unspecified atom stereocenters. The molecule has 0 spiro atoms. The molecule has 1 aromatic heterocycles. The van der Waals surface area contributed by atoms with Gasteiger partial charge in [-0.15, -0.1) is 0 Å². The van der Waals surface area contributed by atoms with Crippen LogP contribution >= 0.6 is 0 Å². The van der Waals surface area contributed by atoms with Crippen LogP contribution in [-0.2, 0) is 0 Å². The summed E-state index contributed by atoms with van der Waals surface area (Å²) in [6.07, 6.45) is 7.21. The Bertz CT molecular complexity index is 338. The zero-order chi connectivity index (χ0) is 11.4. The number of rotatable bonds is 3. The number of nitrogen functional groups attached to an aromatic ring is 1. The second-order valence-corrected chi connectivity index (χ2v) is 4.99. The Morgan fingerprint density at radius 1 is 1.50 bits per heavy atom. The first-order valence-corrected chi connectivity index (χ1v) is 6.19. The van der Waals surface area contributed by atoms with E-state index in [-0.39, 0.29) is 0 Å². The normalized spacial score (nSPS) is 25.3. The van der Waals surface area contributed by atoms with E-state index in [1.807, 2.05) is 12.1 Å². The van der Waals surface area contributed by atoms with Gasteiger partial charge in [0.05, 0.1) is 0 Å². The van der Waals surface area contributed by atoms with Crippen LogP contribution in [0.5, 0.6) is 0 Å². The fraction of sp³-hybridized carbons (Fsp3) is 0.615. The molecule has 3 heteroatoms. The molecule has 1 heterocycles. The molecule has 0 radical (unpaired) electrons. The van der Waals surface area contributed by atoms with Crippen LogP contribution in [0.1, 0.15) is 32.6 Å². The lowest BCUT2D eigenvalue weighted by molar-refractivity contribution is 0.293. The van der Waals surface area contributed by atoms with Gasteiger partial charge in [0.25, 0.3) is 0 Å². The van der Waals surface area contributed by atoms with E-state index in [0.717, 1.165) is 29.9 Å². The van der Waals surface area contributed by atoms with Crippen molar-refractivity contribution >= 4 is 11.5 Å². The molecule has 0 amide bonds. The molecular formula is C13H21N3. The number of pyridine rings is 1. The van der Waals surface area contributed by atoms with Gasteiger partial charge < -0.3 is 11.1 Å². The van der Waals surface area contributed by atoms with Crippen molar-refractivity contribution in [2.24, 2.45) is 11.8 Å². The maximum atomic E-state index is 5.71. The number of nitrogens with zero attached hydrogens (tertiary/aromatic N) is 1.